The zero-order valence-electron chi connectivity index (χ0n) is 23.3. The van der Waals surface area contributed by atoms with Gasteiger partial charge in [-0.2, -0.15) is 0 Å². The summed E-state index contributed by atoms with van der Waals surface area (Å²) in [5.74, 6) is 1.03. The van der Waals surface area contributed by atoms with E-state index in [4.69, 9.17) is 21.3 Å². The van der Waals surface area contributed by atoms with Crippen molar-refractivity contribution >= 4 is 23.4 Å². The lowest BCUT2D eigenvalue weighted by Crippen LogP contribution is -2.37. The summed E-state index contributed by atoms with van der Waals surface area (Å²) < 4.78 is 7.71. The molecule has 0 aliphatic carbocycles. The second-order valence-corrected chi connectivity index (χ2v) is 10.2. The molecule has 0 saturated heterocycles. The third kappa shape index (κ3) is 8.31. The quantitative estimate of drug-likeness (QED) is 0.265. The van der Waals surface area contributed by atoms with E-state index in [1.807, 2.05) is 51.2 Å². The Hall–Kier alpha value is -3.36. The average molecular weight is 555 g/mol. The minimum atomic E-state index is -0.259. The van der Waals surface area contributed by atoms with Crippen LogP contribution in [0.3, 0.4) is 0 Å². The number of aliphatic hydroxyl groups is 1. The molecule has 8 nitrogen and oxygen atoms in total. The van der Waals surface area contributed by atoms with E-state index in [0.29, 0.717) is 29.2 Å². The van der Waals surface area contributed by atoms with Crippen molar-refractivity contribution in [1.82, 2.24) is 20.2 Å². The maximum atomic E-state index is 12.9. The summed E-state index contributed by atoms with van der Waals surface area (Å²) in [4.78, 5) is 29.4. The van der Waals surface area contributed by atoms with Crippen molar-refractivity contribution in [3.8, 4) is 17.0 Å². The normalized spacial score (nSPS) is 12.7. The van der Waals surface area contributed by atoms with Gasteiger partial charge in [-0.25, -0.2) is 4.98 Å². The van der Waals surface area contributed by atoms with E-state index >= 15 is 0 Å². The van der Waals surface area contributed by atoms with E-state index in [2.05, 4.69) is 22.1 Å². The number of benzene rings is 2. The molecule has 0 saturated carbocycles. The van der Waals surface area contributed by atoms with Crippen LogP contribution < -0.4 is 15.4 Å². The summed E-state index contributed by atoms with van der Waals surface area (Å²) in [5, 5.41) is 16.0. The number of imidazole rings is 1. The number of halogens is 1. The molecule has 39 heavy (non-hydrogen) atoms. The van der Waals surface area contributed by atoms with Gasteiger partial charge in [-0.15, -0.1) is 0 Å². The number of carbonyl (C=O) groups is 2. The topological polar surface area (TPSA) is 105 Å². The standard InChI is InChI=1S/C30H39ClN4O4/c1-6-26(32-20(5)37)29-34-27(18-35(29)7-2)22-10-8-21(9-11-22)16-24(14-15-36)33-30(38)23-12-13-28(25(31)17-23)39-19(3)4/h8-13,17-19,24,26,36H,6-7,14-16H2,1-5H3,(H,32,37)(H,33,38)/t24-,26-/m1/s1. The molecule has 210 valence electrons. The highest BCUT2D eigenvalue weighted by Gasteiger charge is 2.19. The van der Waals surface area contributed by atoms with Gasteiger partial charge in [-0.05, 0) is 63.8 Å². The van der Waals surface area contributed by atoms with E-state index in [-0.39, 0.29) is 36.6 Å². The van der Waals surface area contributed by atoms with E-state index in [0.717, 1.165) is 35.6 Å². The first-order valence-corrected chi connectivity index (χ1v) is 13.8. The van der Waals surface area contributed by atoms with Gasteiger partial charge < -0.3 is 25.0 Å². The molecule has 0 unspecified atom stereocenters. The van der Waals surface area contributed by atoms with E-state index in [1.165, 1.54) is 6.92 Å². The molecule has 2 amide bonds. The Balaban J connectivity index is 1.72. The van der Waals surface area contributed by atoms with Crippen molar-refractivity contribution in [2.45, 2.75) is 78.6 Å². The molecule has 2 aromatic carbocycles. The maximum Gasteiger partial charge on any atom is 0.251 e. The lowest BCUT2D eigenvalue weighted by Gasteiger charge is -2.19. The van der Waals surface area contributed by atoms with Gasteiger partial charge in [-0.3, -0.25) is 9.59 Å². The van der Waals surface area contributed by atoms with Gasteiger partial charge in [0.1, 0.15) is 11.6 Å². The van der Waals surface area contributed by atoms with E-state index in [9.17, 15) is 14.7 Å². The Kier molecular flexibility index (Phi) is 10.9. The molecule has 0 radical (unpaired) electrons. The SMILES string of the molecule is CC[C@@H](NC(C)=O)c1nc(-c2ccc(C[C@@H](CCO)NC(=O)c3ccc(OC(C)C)c(Cl)c3)cc2)cn1CC. The molecule has 3 N–H and O–H groups in total. The van der Waals surface area contributed by atoms with Crippen LogP contribution in [0.25, 0.3) is 11.3 Å². The highest BCUT2D eigenvalue weighted by molar-refractivity contribution is 6.32. The largest absolute Gasteiger partial charge is 0.489 e. The molecule has 1 heterocycles. The van der Waals surface area contributed by atoms with Crippen molar-refractivity contribution in [3.05, 3.63) is 70.6 Å². The number of amides is 2. The second kappa shape index (κ2) is 14.1. The van der Waals surface area contributed by atoms with Crippen LogP contribution in [0.1, 0.15) is 75.2 Å². The van der Waals surface area contributed by atoms with E-state index < -0.39 is 0 Å². The van der Waals surface area contributed by atoms with Crippen molar-refractivity contribution in [1.29, 1.82) is 0 Å². The average Bonchev–Trinajstić information content (AvgIpc) is 3.33. The number of aromatic nitrogens is 2. The molecule has 0 fully saturated rings. The summed E-state index contributed by atoms with van der Waals surface area (Å²) in [7, 11) is 0. The number of carbonyl (C=O) groups excluding carboxylic acids is 2. The Morgan fingerprint density at radius 1 is 1.10 bits per heavy atom. The Labute approximate surface area is 235 Å². The smallest absolute Gasteiger partial charge is 0.251 e. The molecule has 9 heteroatoms. The van der Waals surface area contributed by atoms with Gasteiger partial charge in [0, 0.05) is 43.4 Å². The lowest BCUT2D eigenvalue weighted by molar-refractivity contribution is -0.119. The molecule has 0 bridgehead atoms. The van der Waals surface area contributed by atoms with Crippen LogP contribution in [-0.2, 0) is 17.8 Å². The molecular formula is C30H39ClN4O4. The zero-order chi connectivity index (χ0) is 28.5. The third-order valence-electron chi connectivity index (χ3n) is 6.35. The number of hydrogen-bond acceptors (Lipinski definition) is 5. The van der Waals surface area contributed by atoms with Crippen molar-refractivity contribution in [3.63, 3.8) is 0 Å². The zero-order valence-corrected chi connectivity index (χ0v) is 24.1. The third-order valence-corrected chi connectivity index (χ3v) is 6.64. The fraction of sp³-hybridized carbons (Fsp3) is 0.433. The van der Waals surface area contributed by atoms with Crippen molar-refractivity contribution in [2.75, 3.05) is 6.61 Å². The van der Waals surface area contributed by atoms with Gasteiger partial charge >= 0.3 is 0 Å². The number of ether oxygens (including phenoxy) is 1. The highest BCUT2D eigenvalue weighted by Crippen LogP contribution is 2.27. The van der Waals surface area contributed by atoms with Crippen LogP contribution in [0, 0.1) is 0 Å². The summed E-state index contributed by atoms with van der Waals surface area (Å²) in [5.41, 5.74) is 3.26. The summed E-state index contributed by atoms with van der Waals surface area (Å²) in [6.45, 7) is 10.1. The Bertz CT molecular complexity index is 1260. The molecule has 1 aromatic heterocycles. The number of nitrogens with zero attached hydrogens (tertiary/aromatic N) is 2. The predicted molar refractivity (Wildman–Crippen MR) is 154 cm³/mol. The summed E-state index contributed by atoms with van der Waals surface area (Å²) >= 11 is 6.31. The van der Waals surface area contributed by atoms with Gasteiger partial charge in [0.25, 0.3) is 5.91 Å². The molecule has 0 spiro atoms. The van der Waals surface area contributed by atoms with Gasteiger partial charge in [-0.1, -0.05) is 42.8 Å². The number of nitrogens with one attached hydrogen (secondary N) is 2. The van der Waals surface area contributed by atoms with Crippen LogP contribution >= 0.6 is 11.6 Å². The van der Waals surface area contributed by atoms with Crippen LogP contribution in [-0.4, -0.2) is 45.2 Å². The van der Waals surface area contributed by atoms with Crippen LogP contribution in [0.5, 0.6) is 5.75 Å². The maximum absolute atomic E-state index is 12.9. The fourth-order valence-electron chi connectivity index (χ4n) is 4.43. The van der Waals surface area contributed by atoms with Crippen molar-refractivity contribution < 1.29 is 19.4 Å². The number of hydrogen-bond donors (Lipinski definition) is 3. The molecular weight excluding hydrogens is 516 g/mol. The van der Waals surface area contributed by atoms with Crippen LogP contribution in [0.2, 0.25) is 5.02 Å². The lowest BCUT2D eigenvalue weighted by atomic mass is 10.0. The number of aryl methyl sites for hydroxylation is 1. The minimum absolute atomic E-state index is 0.0242. The molecule has 3 rings (SSSR count). The Morgan fingerprint density at radius 3 is 2.38 bits per heavy atom. The number of aliphatic hydroxyl groups excluding tert-OH is 1. The number of rotatable bonds is 13. The molecule has 2 atom stereocenters. The van der Waals surface area contributed by atoms with Crippen LogP contribution in [0.4, 0.5) is 0 Å². The Morgan fingerprint density at radius 2 is 1.82 bits per heavy atom. The van der Waals surface area contributed by atoms with E-state index in [1.54, 1.807) is 18.2 Å². The predicted octanol–water partition coefficient (Wildman–Crippen LogP) is 5.32. The highest BCUT2D eigenvalue weighted by atomic mass is 35.5. The first kappa shape index (κ1) is 30.2. The van der Waals surface area contributed by atoms with Gasteiger partial charge in [0.2, 0.25) is 5.91 Å². The summed E-state index contributed by atoms with van der Waals surface area (Å²) in [6, 6.07) is 12.6. The first-order valence-electron chi connectivity index (χ1n) is 13.5. The van der Waals surface area contributed by atoms with Crippen LogP contribution in [0.15, 0.2) is 48.7 Å². The first-order chi connectivity index (χ1) is 18.6. The summed E-state index contributed by atoms with van der Waals surface area (Å²) in [6.07, 6.45) is 3.70. The molecule has 0 aliphatic rings. The fourth-order valence-corrected chi connectivity index (χ4v) is 4.66. The molecule has 0 aliphatic heterocycles. The van der Waals surface area contributed by atoms with Gasteiger partial charge in [0.05, 0.1) is 22.9 Å². The second-order valence-electron chi connectivity index (χ2n) is 9.83. The van der Waals surface area contributed by atoms with Gasteiger partial charge in [0.15, 0.2) is 0 Å². The molecule has 3 aromatic rings. The van der Waals surface area contributed by atoms with Crippen molar-refractivity contribution in [2.24, 2.45) is 0 Å². The minimum Gasteiger partial charge on any atom is -0.489 e. The monoisotopic (exact) mass is 554 g/mol.